The van der Waals surface area contributed by atoms with Crippen molar-refractivity contribution in [2.45, 2.75) is 6.42 Å². The molecule has 3 rings (SSSR count). The number of carbonyl (C=O) groups is 1. The Morgan fingerprint density at radius 2 is 1.95 bits per heavy atom. The number of carbonyl (C=O) groups excluding carboxylic acids is 1. The van der Waals surface area contributed by atoms with Gasteiger partial charge >= 0.3 is 5.97 Å². The maximum Gasteiger partial charge on any atom is 0.343 e. The molecular formula is C17H15NO3. The highest BCUT2D eigenvalue weighted by Gasteiger charge is 2.16. The summed E-state index contributed by atoms with van der Waals surface area (Å²) in [5, 5.41) is 0. The fraction of sp³-hybridized carbons (Fsp3) is 0.176. The van der Waals surface area contributed by atoms with Crippen LogP contribution in [0.4, 0.5) is 0 Å². The van der Waals surface area contributed by atoms with Crippen LogP contribution in [-0.4, -0.2) is 25.8 Å². The highest BCUT2D eigenvalue weighted by atomic mass is 16.6. The Hall–Kier alpha value is -2.62. The Labute approximate surface area is 123 Å². The van der Waals surface area contributed by atoms with E-state index in [-0.39, 0.29) is 0 Å². The minimum absolute atomic E-state index is 0.390. The number of aliphatic imine (C=N–C) groups is 1. The number of nitrogens with zero attached hydrogens (tertiary/aromatic N) is 1. The third kappa shape index (κ3) is 2.79. The standard InChI is InChI=1S/C17H15NO3/c1-20-15-10-14-11-18-8-7-13(14)9-16(15)21-17(19)12-5-3-2-4-6-12/h2-6,9-11H,7-8H2,1H3. The van der Waals surface area contributed by atoms with Gasteiger partial charge in [0.25, 0.3) is 0 Å². The van der Waals surface area contributed by atoms with Crippen LogP contribution in [0.15, 0.2) is 47.5 Å². The zero-order chi connectivity index (χ0) is 14.7. The van der Waals surface area contributed by atoms with Gasteiger partial charge < -0.3 is 9.47 Å². The Kier molecular flexibility index (Phi) is 3.69. The molecule has 0 fully saturated rings. The van der Waals surface area contributed by atoms with E-state index < -0.39 is 5.97 Å². The van der Waals surface area contributed by atoms with Crippen LogP contribution in [0.1, 0.15) is 21.5 Å². The zero-order valence-corrected chi connectivity index (χ0v) is 11.7. The molecule has 1 aliphatic rings. The van der Waals surface area contributed by atoms with Crippen LogP contribution in [0.3, 0.4) is 0 Å². The number of hydrogen-bond acceptors (Lipinski definition) is 4. The lowest BCUT2D eigenvalue weighted by atomic mass is 10.0. The van der Waals surface area contributed by atoms with Crippen molar-refractivity contribution in [1.29, 1.82) is 0 Å². The van der Waals surface area contributed by atoms with E-state index in [1.54, 1.807) is 31.4 Å². The molecule has 0 saturated carbocycles. The molecule has 4 heteroatoms. The fourth-order valence-electron chi connectivity index (χ4n) is 2.27. The van der Waals surface area contributed by atoms with Gasteiger partial charge in [-0.1, -0.05) is 18.2 Å². The third-order valence-electron chi connectivity index (χ3n) is 3.38. The Balaban J connectivity index is 1.91. The van der Waals surface area contributed by atoms with Crippen molar-refractivity contribution in [3.05, 3.63) is 59.2 Å². The van der Waals surface area contributed by atoms with Crippen molar-refractivity contribution >= 4 is 12.2 Å². The van der Waals surface area contributed by atoms with Crippen molar-refractivity contribution < 1.29 is 14.3 Å². The predicted molar refractivity (Wildman–Crippen MR) is 80.6 cm³/mol. The van der Waals surface area contributed by atoms with E-state index in [1.807, 2.05) is 24.4 Å². The lowest BCUT2D eigenvalue weighted by molar-refractivity contribution is 0.0729. The number of methoxy groups -OCH3 is 1. The largest absolute Gasteiger partial charge is 0.493 e. The van der Waals surface area contributed by atoms with Crippen LogP contribution < -0.4 is 9.47 Å². The van der Waals surface area contributed by atoms with Crippen molar-refractivity contribution in [2.75, 3.05) is 13.7 Å². The molecular weight excluding hydrogens is 266 g/mol. The molecule has 0 amide bonds. The second-order valence-corrected chi connectivity index (χ2v) is 4.74. The van der Waals surface area contributed by atoms with Crippen molar-refractivity contribution in [3.8, 4) is 11.5 Å². The Morgan fingerprint density at radius 3 is 2.71 bits per heavy atom. The van der Waals surface area contributed by atoms with Gasteiger partial charge in [0.1, 0.15) is 0 Å². The number of ether oxygens (including phenoxy) is 2. The molecule has 1 heterocycles. The Bertz CT molecular complexity index is 693. The van der Waals surface area contributed by atoms with Gasteiger partial charge in [-0.15, -0.1) is 0 Å². The molecule has 0 N–H and O–H groups in total. The second kappa shape index (κ2) is 5.79. The number of rotatable bonds is 3. The van der Waals surface area contributed by atoms with Gasteiger partial charge in [0.05, 0.1) is 12.7 Å². The highest BCUT2D eigenvalue weighted by Crippen LogP contribution is 2.32. The SMILES string of the molecule is COc1cc2c(cc1OC(=O)c1ccccc1)CCN=C2. The molecule has 0 atom stereocenters. The molecule has 106 valence electrons. The average Bonchev–Trinajstić information content (AvgIpc) is 2.55. The number of esters is 1. The molecule has 2 aromatic rings. The first-order valence-corrected chi connectivity index (χ1v) is 6.76. The van der Waals surface area contributed by atoms with Crippen LogP contribution >= 0.6 is 0 Å². The monoisotopic (exact) mass is 281 g/mol. The van der Waals surface area contributed by atoms with E-state index in [9.17, 15) is 4.79 Å². The Morgan fingerprint density at radius 1 is 1.14 bits per heavy atom. The lowest BCUT2D eigenvalue weighted by Crippen LogP contribution is -2.11. The van der Waals surface area contributed by atoms with Crippen LogP contribution in [0.25, 0.3) is 0 Å². The van der Waals surface area contributed by atoms with E-state index in [0.717, 1.165) is 24.1 Å². The summed E-state index contributed by atoms with van der Waals surface area (Å²) in [5.41, 5.74) is 2.64. The van der Waals surface area contributed by atoms with Crippen LogP contribution in [0.2, 0.25) is 0 Å². The minimum atomic E-state index is -0.390. The van der Waals surface area contributed by atoms with Gasteiger partial charge in [0.15, 0.2) is 11.5 Å². The van der Waals surface area contributed by atoms with Gasteiger partial charge in [0, 0.05) is 12.8 Å². The molecule has 4 nitrogen and oxygen atoms in total. The first kappa shape index (κ1) is 13.4. The van der Waals surface area contributed by atoms with E-state index in [1.165, 1.54) is 0 Å². The van der Waals surface area contributed by atoms with Gasteiger partial charge in [-0.25, -0.2) is 4.79 Å². The lowest BCUT2D eigenvalue weighted by Gasteiger charge is -2.15. The summed E-state index contributed by atoms with van der Waals surface area (Å²) in [4.78, 5) is 16.4. The van der Waals surface area contributed by atoms with E-state index in [0.29, 0.717) is 17.1 Å². The van der Waals surface area contributed by atoms with E-state index in [2.05, 4.69) is 4.99 Å². The van der Waals surface area contributed by atoms with Crippen LogP contribution in [-0.2, 0) is 6.42 Å². The summed E-state index contributed by atoms with van der Waals surface area (Å²) in [6.45, 7) is 0.755. The van der Waals surface area contributed by atoms with Gasteiger partial charge in [0.2, 0.25) is 0 Å². The van der Waals surface area contributed by atoms with Crippen LogP contribution in [0, 0.1) is 0 Å². The topological polar surface area (TPSA) is 47.9 Å². The third-order valence-corrected chi connectivity index (χ3v) is 3.38. The smallest absolute Gasteiger partial charge is 0.343 e. The van der Waals surface area contributed by atoms with E-state index in [4.69, 9.17) is 9.47 Å². The molecule has 1 aliphatic heterocycles. The van der Waals surface area contributed by atoms with Gasteiger partial charge in [-0.2, -0.15) is 0 Å². The molecule has 0 aliphatic carbocycles. The zero-order valence-electron chi connectivity index (χ0n) is 11.7. The first-order chi connectivity index (χ1) is 10.3. The van der Waals surface area contributed by atoms with Gasteiger partial charge in [-0.3, -0.25) is 4.99 Å². The quantitative estimate of drug-likeness (QED) is 0.642. The van der Waals surface area contributed by atoms with Crippen LogP contribution in [0.5, 0.6) is 11.5 Å². The maximum atomic E-state index is 12.1. The average molecular weight is 281 g/mol. The fourth-order valence-corrected chi connectivity index (χ4v) is 2.27. The number of hydrogen-bond donors (Lipinski definition) is 0. The molecule has 0 bridgehead atoms. The molecule has 0 radical (unpaired) electrons. The summed E-state index contributed by atoms with van der Waals surface area (Å²) in [5.74, 6) is 0.588. The molecule has 21 heavy (non-hydrogen) atoms. The first-order valence-electron chi connectivity index (χ1n) is 6.76. The predicted octanol–water partition coefficient (Wildman–Crippen LogP) is 2.89. The summed E-state index contributed by atoms with van der Waals surface area (Å²) in [7, 11) is 1.56. The molecule has 0 saturated heterocycles. The summed E-state index contributed by atoms with van der Waals surface area (Å²) in [6, 6.07) is 12.6. The minimum Gasteiger partial charge on any atom is -0.493 e. The van der Waals surface area contributed by atoms with Gasteiger partial charge in [-0.05, 0) is 41.8 Å². The summed E-state index contributed by atoms with van der Waals surface area (Å²) < 4.78 is 10.8. The summed E-state index contributed by atoms with van der Waals surface area (Å²) >= 11 is 0. The normalized spacial score (nSPS) is 12.6. The molecule has 0 spiro atoms. The van der Waals surface area contributed by atoms with Crippen molar-refractivity contribution in [1.82, 2.24) is 0 Å². The highest BCUT2D eigenvalue weighted by molar-refractivity contribution is 5.92. The number of benzene rings is 2. The molecule has 0 aromatic heterocycles. The molecule has 2 aromatic carbocycles. The second-order valence-electron chi connectivity index (χ2n) is 4.74. The van der Waals surface area contributed by atoms with Crippen molar-refractivity contribution in [3.63, 3.8) is 0 Å². The number of fused-ring (bicyclic) bond motifs is 1. The van der Waals surface area contributed by atoms with Crippen molar-refractivity contribution in [2.24, 2.45) is 4.99 Å². The maximum absolute atomic E-state index is 12.1. The molecule has 0 unspecified atom stereocenters. The van der Waals surface area contributed by atoms with E-state index >= 15 is 0 Å². The summed E-state index contributed by atoms with van der Waals surface area (Å²) in [6.07, 6.45) is 2.66.